The van der Waals surface area contributed by atoms with Gasteiger partial charge in [0, 0.05) is 19.0 Å². The predicted octanol–water partition coefficient (Wildman–Crippen LogP) is 6.03. The minimum atomic E-state index is 0.196. The molecule has 3 aromatic carbocycles. The highest BCUT2D eigenvalue weighted by atomic mass is 16.5. The van der Waals surface area contributed by atoms with Crippen LogP contribution in [0.1, 0.15) is 43.4 Å². The Morgan fingerprint density at radius 2 is 1.50 bits per heavy atom. The van der Waals surface area contributed by atoms with E-state index in [1.165, 1.54) is 5.56 Å². The van der Waals surface area contributed by atoms with E-state index in [1.807, 2.05) is 59.5 Å². The zero-order valence-electron chi connectivity index (χ0n) is 18.0. The van der Waals surface area contributed by atoms with E-state index in [-0.39, 0.29) is 11.9 Å². The van der Waals surface area contributed by atoms with Crippen LogP contribution in [0.3, 0.4) is 0 Å². The number of hydrogen-bond acceptors (Lipinski definition) is 2. The summed E-state index contributed by atoms with van der Waals surface area (Å²) < 4.78 is 5.96. The maximum atomic E-state index is 13.0. The number of benzene rings is 3. The molecule has 0 radical (unpaired) electrons. The topological polar surface area (TPSA) is 29.5 Å². The van der Waals surface area contributed by atoms with Gasteiger partial charge in [0.2, 0.25) is 5.91 Å². The standard InChI is InChI=1S/C27H31NO2/c1-3-22(2)28(27(29)18-17-23-11-6-4-7-12-23)20-25-15-10-16-26(19-25)30-21-24-13-8-5-9-14-24/h4-16,19,22H,3,17-18,20-21H2,1-2H3. The molecule has 0 spiro atoms. The lowest BCUT2D eigenvalue weighted by molar-refractivity contribution is -0.134. The minimum absolute atomic E-state index is 0.196. The van der Waals surface area contributed by atoms with Crippen molar-refractivity contribution in [2.45, 2.75) is 52.3 Å². The highest BCUT2D eigenvalue weighted by Gasteiger charge is 2.19. The van der Waals surface area contributed by atoms with Crippen molar-refractivity contribution in [3.63, 3.8) is 0 Å². The summed E-state index contributed by atoms with van der Waals surface area (Å²) in [5.74, 6) is 1.03. The van der Waals surface area contributed by atoms with Crippen molar-refractivity contribution in [3.8, 4) is 5.75 Å². The second-order valence-corrected chi connectivity index (χ2v) is 7.69. The van der Waals surface area contributed by atoms with Gasteiger partial charge in [0.25, 0.3) is 0 Å². The zero-order valence-corrected chi connectivity index (χ0v) is 18.0. The Bertz CT molecular complexity index is 908. The molecule has 0 aliphatic carbocycles. The summed E-state index contributed by atoms with van der Waals surface area (Å²) in [7, 11) is 0. The molecule has 0 N–H and O–H groups in total. The van der Waals surface area contributed by atoms with Gasteiger partial charge in [-0.3, -0.25) is 4.79 Å². The van der Waals surface area contributed by atoms with Crippen LogP contribution >= 0.6 is 0 Å². The third kappa shape index (κ3) is 6.48. The van der Waals surface area contributed by atoms with Crippen LogP contribution in [0.5, 0.6) is 5.75 Å². The minimum Gasteiger partial charge on any atom is -0.489 e. The molecule has 30 heavy (non-hydrogen) atoms. The average molecular weight is 402 g/mol. The summed E-state index contributed by atoms with van der Waals surface area (Å²) in [5.41, 5.74) is 3.43. The molecule has 0 aromatic heterocycles. The normalized spacial score (nSPS) is 11.7. The Hall–Kier alpha value is -3.07. The van der Waals surface area contributed by atoms with E-state index >= 15 is 0 Å². The molecule has 3 nitrogen and oxygen atoms in total. The summed E-state index contributed by atoms with van der Waals surface area (Å²) >= 11 is 0. The SMILES string of the molecule is CCC(C)N(Cc1cccc(OCc2ccccc2)c1)C(=O)CCc1ccccc1. The Morgan fingerprint density at radius 3 is 2.17 bits per heavy atom. The third-order valence-electron chi connectivity index (χ3n) is 5.41. The van der Waals surface area contributed by atoms with Gasteiger partial charge in [-0.15, -0.1) is 0 Å². The Balaban J connectivity index is 1.63. The van der Waals surface area contributed by atoms with Crippen LogP contribution in [0.15, 0.2) is 84.9 Å². The lowest BCUT2D eigenvalue weighted by atomic mass is 10.1. The number of amides is 1. The van der Waals surface area contributed by atoms with Gasteiger partial charge in [-0.25, -0.2) is 0 Å². The van der Waals surface area contributed by atoms with Crippen molar-refractivity contribution in [1.29, 1.82) is 0 Å². The van der Waals surface area contributed by atoms with Gasteiger partial charge in [-0.1, -0.05) is 79.7 Å². The fourth-order valence-corrected chi connectivity index (χ4v) is 3.42. The summed E-state index contributed by atoms with van der Waals surface area (Å²) in [5, 5.41) is 0. The van der Waals surface area contributed by atoms with Crippen molar-refractivity contribution in [1.82, 2.24) is 4.90 Å². The van der Waals surface area contributed by atoms with E-state index in [9.17, 15) is 4.79 Å². The highest BCUT2D eigenvalue weighted by Crippen LogP contribution is 2.19. The van der Waals surface area contributed by atoms with Crippen LogP contribution in [0.4, 0.5) is 0 Å². The molecule has 3 aromatic rings. The smallest absolute Gasteiger partial charge is 0.223 e. The number of aryl methyl sites for hydroxylation is 1. The molecule has 0 fully saturated rings. The molecule has 1 atom stereocenters. The van der Waals surface area contributed by atoms with E-state index in [4.69, 9.17) is 4.74 Å². The summed E-state index contributed by atoms with van der Waals surface area (Å²) in [4.78, 5) is 15.0. The Morgan fingerprint density at radius 1 is 0.867 bits per heavy atom. The maximum Gasteiger partial charge on any atom is 0.223 e. The molecule has 3 heteroatoms. The van der Waals surface area contributed by atoms with E-state index < -0.39 is 0 Å². The van der Waals surface area contributed by atoms with Crippen molar-refractivity contribution < 1.29 is 9.53 Å². The zero-order chi connectivity index (χ0) is 21.2. The van der Waals surface area contributed by atoms with E-state index in [1.54, 1.807) is 0 Å². The number of hydrogen-bond donors (Lipinski definition) is 0. The molecule has 0 saturated carbocycles. The summed E-state index contributed by atoms with van der Waals surface area (Å²) in [6.45, 7) is 5.39. The van der Waals surface area contributed by atoms with Crippen LogP contribution < -0.4 is 4.74 Å². The first kappa shape index (κ1) is 21.6. The number of nitrogens with zero attached hydrogens (tertiary/aromatic N) is 1. The molecule has 0 saturated heterocycles. The molecule has 156 valence electrons. The second-order valence-electron chi connectivity index (χ2n) is 7.69. The van der Waals surface area contributed by atoms with Crippen molar-refractivity contribution in [2.75, 3.05) is 0 Å². The molecular formula is C27H31NO2. The van der Waals surface area contributed by atoms with Gasteiger partial charge < -0.3 is 9.64 Å². The first-order valence-electron chi connectivity index (χ1n) is 10.7. The molecule has 0 heterocycles. The summed E-state index contributed by atoms with van der Waals surface area (Å²) in [6.07, 6.45) is 2.23. The van der Waals surface area contributed by atoms with Gasteiger partial charge in [0.1, 0.15) is 12.4 Å². The molecule has 0 aliphatic rings. The lowest BCUT2D eigenvalue weighted by Crippen LogP contribution is -2.37. The highest BCUT2D eigenvalue weighted by molar-refractivity contribution is 5.76. The molecular weight excluding hydrogens is 370 g/mol. The molecule has 0 bridgehead atoms. The van der Waals surface area contributed by atoms with Crippen LogP contribution in [-0.2, 0) is 24.4 Å². The van der Waals surface area contributed by atoms with E-state index in [0.29, 0.717) is 19.6 Å². The fourth-order valence-electron chi connectivity index (χ4n) is 3.42. The van der Waals surface area contributed by atoms with Crippen LogP contribution in [0, 0.1) is 0 Å². The van der Waals surface area contributed by atoms with Gasteiger partial charge in [0.15, 0.2) is 0 Å². The quantitative estimate of drug-likeness (QED) is 0.415. The Labute approximate surface area is 180 Å². The number of ether oxygens (including phenoxy) is 1. The third-order valence-corrected chi connectivity index (χ3v) is 5.41. The van der Waals surface area contributed by atoms with Gasteiger partial charge in [0.05, 0.1) is 0 Å². The molecule has 3 rings (SSSR count). The van der Waals surface area contributed by atoms with Gasteiger partial charge >= 0.3 is 0 Å². The monoisotopic (exact) mass is 401 g/mol. The number of rotatable bonds is 10. The van der Waals surface area contributed by atoms with Crippen LogP contribution in [0.25, 0.3) is 0 Å². The molecule has 1 amide bonds. The van der Waals surface area contributed by atoms with Crippen molar-refractivity contribution in [2.24, 2.45) is 0 Å². The van der Waals surface area contributed by atoms with Crippen molar-refractivity contribution >= 4 is 5.91 Å². The first-order chi connectivity index (χ1) is 14.7. The van der Waals surface area contributed by atoms with Gasteiger partial charge in [-0.05, 0) is 48.6 Å². The predicted molar refractivity (Wildman–Crippen MR) is 122 cm³/mol. The average Bonchev–Trinajstić information content (AvgIpc) is 2.81. The van der Waals surface area contributed by atoms with Crippen molar-refractivity contribution in [3.05, 3.63) is 102 Å². The summed E-state index contributed by atoms with van der Waals surface area (Å²) in [6, 6.07) is 28.6. The van der Waals surface area contributed by atoms with E-state index in [2.05, 4.69) is 44.2 Å². The molecule has 1 unspecified atom stereocenters. The Kier molecular flexibility index (Phi) is 8.08. The second kappa shape index (κ2) is 11.2. The first-order valence-corrected chi connectivity index (χ1v) is 10.7. The fraction of sp³-hybridized carbons (Fsp3) is 0.296. The van der Waals surface area contributed by atoms with E-state index in [0.717, 1.165) is 29.7 Å². The van der Waals surface area contributed by atoms with Gasteiger partial charge in [-0.2, -0.15) is 0 Å². The number of carbonyl (C=O) groups excluding carboxylic acids is 1. The largest absolute Gasteiger partial charge is 0.489 e. The number of carbonyl (C=O) groups is 1. The maximum absolute atomic E-state index is 13.0. The lowest BCUT2D eigenvalue weighted by Gasteiger charge is -2.29. The van der Waals surface area contributed by atoms with Crippen LogP contribution in [-0.4, -0.2) is 16.8 Å². The van der Waals surface area contributed by atoms with Crippen LogP contribution in [0.2, 0.25) is 0 Å². The molecule has 0 aliphatic heterocycles.